The molecule has 2 rings (SSSR count). The molecule has 0 fully saturated rings. The summed E-state index contributed by atoms with van der Waals surface area (Å²) in [6.07, 6.45) is 0. The zero-order valence-electron chi connectivity index (χ0n) is 11.0. The Morgan fingerprint density at radius 3 is 2.39 bits per heavy atom. The first-order chi connectivity index (χ1) is 8.54. The van der Waals surface area contributed by atoms with Crippen molar-refractivity contribution >= 4 is 11.7 Å². The van der Waals surface area contributed by atoms with Crippen molar-refractivity contribution < 1.29 is 4.42 Å². The van der Waals surface area contributed by atoms with E-state index >= 15 is 0 Å². The van der Waals surface area contributed by atoms with Crippen molar-refractivity contribution in [1.29, 1.82) is 0 Å². The van der Waals surface area contributed by atoms with Gasteiger partial charge < -0.3 is 4.42 Å². The van der Waals surface area contributed by atoms with Crippen LogP contribution in [-0.2, 0) is 0 Å². The van der Waals surface area contributed by atoms with Gasteiger partial charge in [-0.1, -0.05) is 0 Å². The summed E-state index contributed by atoms with van der Waals surface area (Å²) < 4.78 is 5.47. The van der Waals surface area contributed by atoms with Crippen LogP contribution in [0.1, 0.15) is 29.8 Å². The highest BCUT2D eigenvalue weighted by Crippen LogP contribution is 2.08. The van der Waals surface area contributed by atoms with Gasteiger partial charge in [0.15, 0.2) is 0 Å². The van der Waals surface area contributed by atoms with Crippen LogP contribution in [0, 0.1) is 20.8 Å². The first-order valence-electron chi connectivity index (χ1n) is 5.74. The fraction of sp³-hybridized carbons (Fsp3) is 0.308. The van der Waals surface area contributed by atoms with E-state index in [1.807, 2.05) is 45.9 Å². The molecule has 5 heteroatoms. The van der Waals surface area contributed by atoms with E-state index < -0.39 is 0 Å². The first-order valence-corrected chi connectivity index (χ1v) is 5.74. The molecular formula is C13H16N4O. The maximum absolute atomic E-state index is 5.47. The van der Waals surface area contributed by atoms with E-state index in [-0.39, 0.29) is 0 Å². The molecule has 2 aromatic heterocycles. The highest BCUT2D eigenvalue weighted by Gasteiger charge is 2.03. The van der Waals surface area contributed by atoms with E-state index in [1.54, 1.807) is 0 Å². The molecule has 0 aromatic carbocycles. The smallest absolute Gasteiger partial charge is 0.243 e. The Bertz CT molecular complexity index is 566. The lowest BCUT2D eigenvalue weighted by atomic mass is 10.3. The fourth-order valence-electron chi connectivity index (χ4n) is 1.59. The van der Waals surface area contributed by atoms with Gasteiger partial charge in [0.1, 0.15) is 17.2 Å². The summed E-state index contributed by atoms with van der Waals surface area (Å²) in [5, 5.41) is 4.21. The minimum absolute atomic E-state index is 0.495. The predicted molar refractivity (Wildman–Crippen MR) is 70.8 cm³/mol. The predicted octanol–water partition coefficient (Wildman–Crippen LogP) is 2.83. The molecule has 0 unspecified atom stereocenters. The molecule has 94 valence electrons. The van der Waals surface area contributed by atoms with Gasteiger partial charge in [0.25, 0.3) is 0 Å². The Morgan fingerprint density at radius 2 is 1.83 bits per heavy atom. The molecule has 0 saturated heterocycles. The normalized spacial score (nSPS) is 11.7. The van der Waals surface area contributed by atoms with Gasteiger partial charge in [0.2, 0.25) is 5.95 Å². The van der Waals surface area contributed by atoms with Crippen LogP contribution < -0.4 is 5.43 Å². The van der Waals surface area contributed by atoms with Gasteiger partial charge in [-0.15, -0.1) is 0 Å². The van der Waals surface area contributed by atoms with Crippen LogP contribution in [0.25, 0.3) is 0 Å². The van der Waals surface area contributed by atoms with Gasteiger partial charge in [-0.3, -0.25) is 0 Å². The quantitative estimate of drug-likeness (QED) is 0.666. The van der Waals surface area contributed by atoms with Crippen LogP contribution in [0.3, 0.4) is 0 Å². The molecule has 0 bridgehead atoms. The number of anilines is 1. The molecule has 0 aliphatic heterocycles. The molecule has 0 saturated carbocycles. The van der Waals surface area contributed by atoms with E-state index in [0.717, 1.165) is 28.6 Å². The lowest BCUT2D eigenvalue weighted by Crippen LogP contribution is -2.03. The van der Waals surface area contributed by atoms with Crippen molar-refractivity contribution in [3.8, 4) is 0 Å². The molecular weight excluding hydrogens is 228 g/mol. The van der Waals surface area contributed by atoms with E-state index in [1.165, 1.54) is 0 Å². The highest BCUT2D eigenvalue weighted by atomic mass is 16.3. The Kier molecular flexibility index (Phi) is 3.41. The molecule has 0 atom stereocenters. The summed E-state index contributed by atoms with van der Waals surface area (Å²) in [5.74, 6) is 2.10. The minimum Gasteiger partial charge on any atom is -0.460 e. The van der Waals surface area contributed by atoms with Crippen LogP contribution in [0.15, 0.2) is 27.7 Å². The van der Waals surface area contributed by atoms with E-state index in [0.29, 0.717) is 5.95 Å². The maximum Gasteiger partial charge on any atom is 0.243 e. The Hall–Kier alpha value is -2.17. The zero-order valence-corrected chi connectivity index (χ0v) is 11.0. The molecule has 0 spiro atoms. The number of nitrogens with one attached hydrogen (secondary N) is 1. The number of rotatable bonds is 3. The molecule has 1 N–H and O–H groups in total. The summed E-state index contributed by atoms with van der Waals surface area (Å²) in [7, 11) is 0. The Balaban J connectivity index is 2.14. The molecule has 2 heterocycles. The SMILES string of the molecule is C/C(=N\Nc1nc(C)cc(C)n1)c1ccc(C)o1. The van der Waals surface area contributed by atoms with Gasteiger partial charge in [-0.25, -0.2) is 15.4 Å². The number of nitrogens with zero attached hydrogens (tertiary/aromatic N) is 3. The van der Waals surface area contributed by atoms with Crippen LogP contribution in [-0.4, -0.2) is 15.7 Å². The fourth-order valence-corrected chi connectivity index (χ4v) is 1.59. The van der Waals surface area contributed by atoms with Crippen molar-refractivity contribution in [3.05, 3.63) is 41.1 Å². The first kappa shape index (κ1) is 12.3. The monoisotopic (exact) mass is 244 g/mol. The van der Waals surface area contributed by atoms with Gasteiger partial charge in [0, 0.05) is 11.4 Å². The van der Waals surface area contributed by atoms with Gasteiger partial charge >= 0.3 is 0 Å². The molecule has 2 aromatic rings. The van der Waals surface area contributed by atoms with E-state index in [9.17, 15) is 0 Å². The average Bonchev–Trinajstić information content (AvgIpc) is 2.71. The van der Waals surface area contributed by atoms with Crippen molar-refractivity contribution in [3.63, 3.8) is 0 Å². The van der Waals surface area contributed by atoms with Crippen molar-refractivity contribution in [2.75, 3.05) is 5.43 Å². The second-order valence-corrected chi connectivity index (χ2v) is 4.19. The summed E-state index contributed by atoms with van der Waals surface area (Å²) in [6.45, 7) is 7.61. The Morgan fingerprint density at radius 1 is 1.17 bits per heavy atom. The van der Waals surface area contributed by atoms with Crippen LogP contribution in [0.2, 0.25) is 0 Å². The van der Waals surface area contributed by atoms with E-state index in [2.05, 4.69) is 20.5 Å². The summed E-state index contributed by atoms with van der Waals surface area (Å²) >= 11 is 0. The average molecular weight is 244 g/mol. The Labute approximate surface area is 106 Å². The second kappa shape index (κ2) is 5.00. The molecule has 0 aliphatic carbocycles. The topological polar surface area (TPSA) is 63.3 Å². The van der Waals surface area contributed by atoms with Crippen molar-refractivity contribution in [2.45, 2.75) is 27.7 Å². The third-order valence-electron chi connectivity index (χ3n) is 2.40. The molecule has 0 amide bonds. The zero-order chi connectivity index (χ0) is 13.1. The van der Waals surface area contributed by atoms with Crippen LogP contribution in [0.4, 0.5) is 5.95 Å². The number of aryl methyl sites for hydroxylation is 3. The lowest BCUT2D eigenvalue weighted by molar-refractivity contribution is 0.525. The second-order valence-electron chi connectivity index (χ2n) is 4.19. The minimum atomic E-state index is 0.495. The largest absolute Gasteiger partial charge is 0.460 e. The number of hydrazone groups is 1. The lowest BCUT2D eigenvalue weighted by Gasteiger charge is -2.02. The van der Waals surface area contributed by atoms with Gasteiger partial charge in [-0.05, 0) is 45.9 Å². The maximum atomic E-state index is 5.47. The molecule has 0 aliphatic rings. The third kappa shape index (κ3) is 2.94. The van der Waals surface area contributed by atoms with Gasteiger partial charge in [0.05, 0.1) is 0 Å². The standard InChI is InChI=1S/C13H16N4O/c1-8-7-9(2)15-13(14-8)17-16-11(4)12-6-5-10(3)18-12/h5-7H,1-4H3,(H,14,15,17)/b16-11+. The molecule has 18 heavy (non-hydrogen) atoms. The molecule has 0 radical (unpaired) electrons. The summed E-state index contributed by atoms with van der Waals surface area (Å²) in [4.78, 5) is 8.49. The van der Waals surface area contributed by atoms with Crippen molar-refractivity contribution in [1.82, 2.24) is 9.97 Å². The van der Waals surface area contributed by atoms with Crippen molar-refractivity contribution in [2.24, 2.45) is 5.10 Å². The van der Waals surface area contributed by atoms with Crippen LogP contribution >= 0.6 is 0 Å². The highest BCUT2D eigenvalue weighted by molar-refractivity contribution is 5.96. The van der Waals surface area contributed by atoms with Gasteiger partial charge in [-0.2, -0.15) is 5.10 Å². The van der Waals surface area contributed by atoms with E-state index in [4.69, 9.17) is 4.42 Å². The van der Waals surface area contributed by atoms with Crippen LogP contribution in [0.5, 0.6) is 0 Å². The summed E-state index contributed by atoms with van der Waals surface area (Å²) in [6, 6.07) is 5.71. The number of furan rings is 1. The third-order valence-corrected chi connectivity index (χ3v) is 2.40. The number of hydrogen-bond acceptors (Lipinski definition) is 5. The number of aromatic nitrogens is 2. The summed E-state index contributed by atoms with van der Waals surface area (Å²) in [5.41, 5.74) is 5.41. The number of hydrogen-bond donors (Lipinski definition) is 1. The molecule has 5 nitrogen and oxygen atoms in total.